The van der Waals surface area contributed by atoms with E-state index in [1.807, 2.05) is 0 Å². The summed E-state index contributed by atoms with van der Waals surface area (Å²) in [6, 6.07) is 3.51. The minimum atomic E-state index is -1.30. The maximum absolute atomic E-state index is 12.2. The molecule has 1 aromatic heterocycles. The van der Waals surface area contributed by atoms with Crippen molar-refractivity contribution in [2.75, 3.05) is 5.32 Å². The van der Waals surface area contributed by atoms with Gasteiger partial charge in [-0.05, 0) is 6.07 Å². The quantitative estimate of drug-likeness (QED) is 0.653. The second kappa shape index (κ2) is 5.82. The maximum Gasteiger partial charge on any atom is 0.339 e. The van der Waals surface area contributed by atoms with Crippen LogP contribution in [0.3, 0.4) is 0 Å². The van der Waals surface area contributed by atoms with Crippen LogP contribution >= 0.6 is 11.6 Å². The molecular formula is C12H9ClN4O5. The van der Waals surface area contributed by atoms with Crippen LogP contribution in [0.5, 0.6) is 0 Å². The van der Waals surface area contributed by atoms with E-state index >= 15 is 0 Å². The van der Waals surface area contributed by atoms with Gasteiger partial charge in [0.05, 0.1) is 21.8 Å². The van der Waals surface area contributed by atoms with Crippen LogP contribution in [0.15, 0.2) is 24.4 Å². The van der Waals surface area contributed by atoms with Crippen molar-refractivity contribution >= 4 is 34.9 Å². The van der Waals surface area contributed by atoms with Gasteiger partial charge in [-0.15, -0.1) is 0 Å². The van der Waals surface area contributed by atoms with Crippen LogP contribution in [-0.4, -0.2) is 31.7 Å². The molecule has 0 aliphatic rings. The number of benzene rings is 1. The van der Waals surface area contributed by atoms with E-state index in [9.17, 15) is 19.7 Å². The lowest BCUT2D eigenvalue weighted by Gasteiger charge is -2.08. The normalized spacial score (nSPS) is 10.3. The first kappa shape index (κ1) is 15.4. The van der Waals surface area contributed by atoms with Gasteiger partial charge in [0.1, 0.15) is 11.3 Å². The lowest BCUT2D eigenvalue weighted by atomic mass is 10.2. The Morgan fingerprint density at radius 3 is 2.68 bits per heavy atom. The van der Waals surface area contributed by atoms with Gasteiger partial charge in [0.25, 0.3) is 11.6 Å². The topological polar surface area (TPSA) is 127 Å². The van der Waals surface area contributed by atoms with Crippen LogP contribution in [-0.2, 0) is 7.05 Å². The number of aromatic nitrogens is 2. The number of carboxylic acids is 1. The summed E-state index contributed by atoms with van der Waals surface area (Å²) in [6.07, 6.45) is 1.05. The zero-order valence-corrected chi connectivity index (χ0v) is 11.9. The Labute approximate surface area is 128 Å². The molecule has 0 radical (unpaired) electrons. The van der Waals surface area contributed by atoms with E-state index < -0.39 is 16.8 Å². The first-order valence-corrected chi connectivity index (χ1v) is 6.19. The lowest BCUT2D eigenvalue weighted by molar-refractivity contribution is -0.384. The van der Waals surface area contributed by atoms with Gasteiger partial charge in [-0.2, -0.15) is 5.10 Å². The number of nitrogens with zero attached hydrogens (tertiary/aromatic N) is 3. The number of anilines is 1. The summed E-state index contributed by atoms with van der Waals surface area (Å²) in [7, 11) is 1.42. The number of nitrogens with one attached hydrogen (secondary N) is 1. The maximum atomic E-state index is 12.2. The minimum absolute atomic E-state index is 0.0402. The summed E-state index contributed by atoms with van der Waals surface area (Å²) in [5.41, 5.74) is -0.537. The summed E-state index contributed by atoms with van der Waals surface area (Å²) in [4.78, 5) is 33.2. The number of nitro benzene ring substituents is 1. The Morgan fingerprint density at radius 1 is 1.45 bits per heavy atom. The fraction of sp³-hybridized carbons (Fsp3) is 0.0833. The van der Waals surface area contributed by atoms with E-state index in [2.05, 4.69) is 10.4 Å². The zero-order chi connectivity index (χ0) is 16.4. The fourth-order valence-electron chi connectivity index (χ4n) is 1.76. The summed E-state index contributed by atoms with van der Waals surface area (Å²) in [5.74, 6) is -2.04. The highest BCUT2D eigenvalue weighted by Crippen LogP contribution is 2.27. The van der Waals surface area contributed by atoms with Crippen LogP contribution in [0.1, 0.15) is 20.8 Å². The molecule has 0 bridgehead atoms. The molecule has 0 saturated heterocycles. The molecule has 10 heteroatoms. The lowest BCUT2D eigenvalue weighted by Crippen LogP contribution is -2.19. The van der Waals surface area contributed by atoms with Crippen LogP contribution in [0.25, 0.3) is 0 Å². The summed E-state index contributed by atoms with van der Waals surface area (Å²) in [5, 5.41) is 25.7. The molecule has 9 nitrogen and oxygen atoms in total. The smallest absolute Gasteiger partial charge is 0.339 e. The third-order valence-electron chi connectivity index (χ3n) is 2.80. The van der Waals surface area contributed by atoms with Gasteiger partial charge in [-0.25, -0.2) is 4.79 Å². The number of rotatable bonds is 4. The van der Waals surface area contributed by atoms with E-state index in [1.54, 1.807) is 0 Å². The Hall–Kier alpha value is -2.94. The minimum Gasteiger partial charge on any atom is -0.478 e. The Kier molecular flexibility index (Phi) is 4.08. The molecule has 2 rings (SSSR count). The predicted molar refractivity (Wildman–Crippen MR) is 76.2 cm³/mol. The van der Waals surface area contributed by atoms with Crippen LogP contribution < -0.4 is 5.32 Å². The number of nitro groups is 1. The monoisotopic (exact) mass is 324 g/mol. The number of carboxylic acid groups (broad SMARTS) is 1. The van der Waals surface area contributed by atoms with Gasteiger partial charge < -0.3 is 10.4 Å². The number of carbonyl (C=O) groups excluding carboxylic acids is 1. The standard InChI is InChI=1S/C12H9ClN4O5/c1-16-10(7(5-14-16)12(19)20)11(18)15-9-3-2-6(17(21)22)4-8(9)13/h2-5H,1H3,(H,15,18)(H,19,20). The van der Waals surface area contributed by atoms with Gasteiger partial charge in [0.15, 0.2) is 0 Å². The van der Waals surface area contributed by atoms with E-state index in [-0.39, 0.29) is 27.7 Å². The molecule has 0 spiro atoms. The first-order valence-electron chi connectivity index (χ1n) is 5.82. The second-order valence-corrected chi connectivity index (χ2v) is 4.62. The van der Waals surface area contributed by atoms with Crippen molar-refractivity contribution in [3.63, 3.8) is 0 Å². The van der Waals surface area contributed by atoms with E-state index in [1.165, 1.54) is 19.2 Å². The highest BCUT2D eigenvalue weighted by molar-refractivity contribution is 6.34. The van der Waals surface area contributed by atoms with Gasteiger partial charge in [-0.1, -0.05) is 11.6 Å². The number of amides is 1. The predicted octanol–water partition coefficient (Wildman–Crippen LogP) is 1.93. The zero-order valence-electron chi connectivity index (χ0n) is 11.1. The first-order chi connectivity index (χ1) is 10.3. The number of halogens is 1. The van der Waals surface area contributed by atoms with Crippen LogP contribution in [0, 0.1) is 10.1 Å². The molecule has 0 fully saturated rings. The number of hydrogen-bond acceptors (Lipinski definition) is 5. The van der Waals surface area contributed by atoms with Crippen LogP contribution in [0.2, 0.25) is 5.02 Å². The average Bonchev–Trinajstić information content (AvgIpc) is 2.82. The molecule has 1 amide bonds. The van der Waals surface area contributed by atoms with Crippen molar-refractivity contribution in [1.82, 2.24) is 9.78 Å². The van der Waals surface area contributed by atoms with Crippen LogP contribution in [0.4, 0.5) is 11.4 Å². The number of hydrogen-bond donors (Lipinski definition) is 2. The van der Waals surface area contributed by atoms with Crippen molar-refractivity contribution in [1.29, 1.82) is 0 Å². The molecule has 0 unspecified atom stereocenters. The molecular weight excluding hydrogens is 316 g/mol. The third-order valence-corrected chi connectivity index (χ3v) is 3.11. The van der Waals surface area contributed by atoms with Gasteiger partial charge in [0, 0.05) is 19.2 Å². The molecule has 0 saturated carbocycles. The molecule has 2 N–H and O–H groups in total. The summed E-state index contributed by atoms with van der Waals surface area (Å²) in [6.45, 7) is 0. The number of carbonyl (C=O) groups is 2. The highest BCUT2D eigenvalue weighted by atomic mass is 35.5. The number of aryl methyl sites for hydroxylation is 1. The van der Waals surface area contributed by atoms with Crippen molar-refractivity contribution in [3.8, 4) is 0 Å². The van der Waals surface area contributed by atoms with Crippen molar-refractivity contribution in [2.45, 2.75) is 0 Å². The van der Waals surface area contributed by atoms with Gasteiger partial charge in [0.2, 0.25) is 0 Å². The molecule has 1 heterocycles. The molecule has 0 atom stereocenters. The molecule has 114 valence electrons. The molecule has 1 aromatic carbocycles. The molecule has 0 aliphatic carbocycles. The Morgan fingerprint density at radius 2 is 2.14 bits per heavy atom. The molecule has 22 heavy (non-hydrogen) atoms. The van der Waals surface area contributed by atoms with E-state index in [4.69, 9.17) is 16.7 Å². The number of non-ortho nitro benzene ring substituents is 1. The summed E-state index contributed by atoms with van der Waals surface area (Å²) < 4.78 is 1.11. The van der Waals surface area contributed by atoms with Gasteiger partial charge >= 0.3 is 5.97 Å². The number of aromatic carboxylic acids is 1. The summed E-state index contributed by atoms with van der Waals surface area (Å²) >= 11 is 5.86. The van der Waals surface area contributed by atoms with Crippen molar-refractivity contribution < 1.29 is 19.6 Å². The SMILES string of the molecule is Cn1ncc(C(=O)O)c1C(=O)Nc1ccc([N+](=O)[O-])cc1Cl. The molecule has 2 aromatic rings. The third kappa shape index (κ3) is 2.88. The Balaban J connectivity index is 2.32. The van der Waals surface area contributed by atoms with E-state index in [0.29, 0.717) is 0 Å². The highest BCUT2D eigenvalue weighted by Gasteiger charge is 2.22. The average molecular weight is 325 g/mol. The van der Waals surface area contributed by atoms with Crippen molar-refractivity contribution in [3.05, 3.63) is 50.8 Å². The largest absolute Gasteiger partial charge is 0.478 e. The van der Waals surface area contributed by atoms with Crippen molar-refractivity contribution in [2.24, 2.45) is 7.05 Å². The Bertz CT molecular complexity index is 786. The molecule has 0 aliphatic heterocycles. The van der Waals surface area contributed by atoms with E-state index in [0.717, 1.165) is 16.9 Å². The van der Waals surface area contributed by atoms with Gasteiger partial charge in [-0.3, -0.25) is 19.6 Å². The fourth-order valence-corrected chi connectivity index (χ4v) is 1.99. The second-order valence-electron chi connectivity index (χ2n) is 4.21.